The predicted octanol–water partition coefficient (Wildman–Crippen LogP) is 5.06. The van der Waals surface area contributed by atoms with E-state index in [9.17, 15) is 4.79 Å². The monoisotopic (exact) mass is 306 g/mol. The van der Waals surface area contributed by atoms with Crippen LogP contribution >= 0.6 is 0 Å². The van der Waals surface area contributed by atoms with Gasteiger partial charge < -0.3 is 4.74 Å². The molecule has 1 saturated heterocycles. The first kappa shape index (κ1) is 15.5. The third kappa shape index (κ3) is 2.94. The van der Waals surface area contributed by atoms with Gasteiger partial charge >= 0.3 is 5.97 Å². The summed E-state index contributed by atoms with van der Waals surface area (Å²) in [6.07, 6.45) is -0.293. The van der Waals surface area contributed by atoms with Crippen molar-refractivity contribution in [3.63, 3.8) is 0 Å². The molecule has 2 heteroatoms. The van der Waals surface area contributed by atoms with Crippen molar-refractivity contribution in [1.82, 2.24) is 0 Å². The van der Waals surface area contributed by atoms with Crippen molar-refractivity contribution >= 4 is 5.97 Å². The molecule has 0 spiro atoms. The smallest absolute Gasteiger partial charge is 0.334 e. The zero-order valence-corrected chi connectivity index (χ0v) is 13.9. The van der Waals surface area contributed by atoms with E-state index in [0.29, 0.717) is 11.5 Å². The molecule has 2 atom stereocenters. The van der Waals surface area contributed by atoms with E-state index in [1.165, 1.54) is 11.1 Å². The highest BCUT2D eigenvalue weighted by atomic mass is 16.6. The van der Waals surface area contributed by atoms with E-state index in [-0.39, 0.29) is 18.0 Å². The van der Waals surface area contributed by atoms with E-state index in [1.807, 2.05) is 0 Å². The molecule has 1 heterocycles. The van der Waals surface area contributed by atoms with Crippen molar-refractivity contribution in [2.75, 3.05) is 0 Å². The van der Waals surface area contributed by atoms with Crippen LogP contribution in [0.4, 0.5) is 0 Å². The van der Waals surface area contributed by atoms with Gasteiger partial charge in [-0.3, -0.25) is 0 Å². The number of hydrogen-bond donors (Lipinski definition) is 0. The van der Waals surface area contributed by atoms with Crippen molar-refractivity contribution in [2.24, 2.45) is 0 Å². The number of ether oxygens (including phenoxy) is 1. The average molecular weight is 306 g/mol. The Labute approximate surface area is 137 Å². The molecular formula is C21H22O2. The van der Waals surface area contributed by atoms with Crippen LogP contribution in [0.25, 0.3) is 0 Å². The molecule has 2 aromatic rings. The quantitative estimate of drug-likeness (QED) is 0.585. The number of cyclic esters (lactones) is 1. The van der Waals surface area contributed by atoms with E-state index >= 15 is 0 Å². The largest absolute Gasteiger partial charge is 0.453 e. The van der Waals surface area contributed by atoms with E-state index in [1.54, 1.807) is 0 Å². The molecule has 2 nitrogen and oxygen atoms in total. The second-order valence-electron chi connectivity index (χ2n) is 6.56. The summed E-state index contributed by atoms with van der Waals surface area (Å²) in [7, 11) is 0. The lowest BCUT2D eigenvalue weighted by Crippen LogP contribution is -2.07. The first-order chi connectivity index (χ1) is 11.0. The summed E-state index contributed by atoms with van der Waals surface area (Å²) in [5.41, 5.74) is 5.11. The topological polar surface area (TPSA) is 26.3 Å². The molecular weight excluding hydrogens is 284 g/mol. The number of aryl methyl sites for hydroxylation is 1. The van der Waals surface area contributed by atoms with Gasteiger partial charge in [0, 0.05) is 5.57 Å². The van der Waals surface area contributed by atoms with Crippen LogP contribution in [0.5, 0.6) is 0 Å². The lowest BCUT2D eigenvalue weighted by molar-refractivity contribution is -0.139. The molecule has 0 aromatic heterocycles. The first-order valence-corrected chi connectivity index (χ1v) is 8.03. The Bertz CT molecular complexity index is 723. The SMILES string of the molecule is C=C1C(=O)OC(c2ccc(C(C)C)cc2)C1c1ccc(C)cc1. The molecule has 1 aliphatic heterocycles. The standard InChI is InChI=1S/C21H22O2/c1-13(2)16-9-11-18(12-10-16)20-19(15(4)21(22)23-20)17-7-5-14(3)6-8-17/h5-13,19-20H,4H2,1-3H3. The van der Waals surface area contributed by atoms with Gasteiger partial charge in [0.15, 0.2) is 0 Å². The van der Waals surface area contributed by atoms with Gasteiger partial charge in [-0.2, -0.15) is 0 Å². The number of esters is 1. The van der Waals surface area contributed by atoms with Crippen LogP contribution < -0.4 is 0 Å². The Hall–Kier alpha value is -2.35. The van der Waals surface area contributed by atoms with E-state index < -0.39 is 0 Å². The summed E-state index contributed by atoms with van der Waals surface area (Å²) in [5.74, 6) is 0.0690. The predicted molar refractivity (Wildman–Crippen MR) is 92.4 cm³/mol. The molecule has 23 heavy (non-hydrogen) atoms. The molecule has 0 aliphatic carbocycles. The van der Waals surface area contributed by atoms with Crippen molar-refractivity contribution in [2.45, 2.75) is 38.7 Å². The summed E-state index contributed by atoms with van der Waals surface area (Å²) in [6.45, 7) is 10.4. The maximum Gasteiger partial charge on any atom is 0.334 e. The first-order valence-electron chi connectivity index (χ1n) is 8.03. The van der Waals surface area contributed by atoms with Crippen LogP contribution in [0.3, 0.4) is 0 Å². The molecule has 0 amide bonds. The summed E-state index contributed by atoms with van der Waals surface area (Å²) in [4.78, 5) is 12.1. The fraction of sp³-hybridized carbons (Fsp3) is 0.286. The van der Waals surface area contributed by atoms with Crippen LogP contribution in [-0.4, -0.2) is 5.97 Å². The highest BCUT2D eigenvalue weighted by Gasteiger charge is 2.40. The minimum absolute atomic E-state index is 0.118. The fourth-order valence-electron chi connectivity index (χ4n) is 3.05. The maximum absolute atomic E-state index is 12.1. The molecule has 1 aliphatic rings. The normalized spacial score (nSPS) is 20.9. The third-order valence-corrected chi connectivity index (χ3v) is 4.54. The third-order valence-electron chi connectivity index (χ3n) is 4.54. The van der Waals surface area contributed by atoms with E-state index in [4.69, 9.17) is 4.74 Å². The molecule has 1 fully saturated rings. The van der Waals surface area contributed by atoms with Gasteiger partial charge in [-0.1, -0.05) is 74.5 Å². The van der Waals surface area contributed by atoms with Crippen molar-refractivity contribution in [1.29, 1.82) is 0 Å². The molecule has 0 radical (unpaired) electrons. The van der Waals surface area contributed by atoms with Gasteiger partial charge in [0.05, 0.1) is 5.92 Å². The van der Waals surface area contributed by atoms with Crippen molar-refractivity contribution in [3.8, 4) is 0 Å². The van der Waals surface area contributed by atoms with Gasteiger partial charge in [-0.25, -0.2) is 4.79 Å². The number of hydrogen-bond acceptors (Lipinski definition) is 2. The van der Waals surface area contributed by atoms with Crippen molar-refractivity contribution < 1.29 is 9.53 Å². The number of carbonyl (C=O) groups excluding carboxylic acids is 1. The molecule has 2 unspecified atom stereocenters. The van der Waals surface area contributed by atoms with Gasteiger partial charge in [-0.15, -0.1) is 0 Å². The summed E-state index contributed by atoms with van der Waals surface area (Å²) in [6, 6.07) is 16.6. The van der Waals surface area contributed by atoms with Crippen molar-refractivity contribution in [3.05, 3.63) is 82.9 Å². The Morgan fingerprint density at radius 2 is 1.52 bits per heavy atom. The van der Waals surface area contributed by atoms with E-state index in [2.05, 4.69) is 75.9 Å². The lowest BCUT2D eigenvalue weighted by atomic mass is 9.85. The van der Waals surface area contributed by atoms with Gasteiger partial charge in [0.25, 0.3) is 0 Å². The van der Waals surface area contributed by atoms with Crippen LogP contribution in [-0.2, 0) is 9.53 Å². The zero-order chi connectivity index (χ0) is 16.6. The fourth-order valence-corrected chi connectivity index (χ4v) is 3.05. The number of carbonyl (C=O) groups is 1. The van der Waals surface area contributed by atoms with Crippen LogP contribution in [0.1, 0.15) is 54.0 Å². The van der Waals surface area contributed by atoms with Crippen LogP contribution in [0, 0.1) is 6.92 Å². The highest BCUT2D eigenvalue weighted by molar-refractivity contribution is 5.92. The Balaban J connectivity index is 1.97. The number of benzene rings is 2. The second kappa shape index (κ2) is 6.04. The highest BCUT2D eigenvalue weighted by Crippen LogP contribution is 2.45. The summed E-state index contributed by atoms with van der Waals surface area (Å²) in [5, 5.41) is 0. The molecule has 118 valence electrons. The molecule has 0 bridgehead atoms. The van der Waals surface area contributed by atoms with E-state index in [0.717, 1.165) is 11.1 Å². The Morgan fingerprint density at radius 3 is 2.09 bits per heavy atom. The minimum Gasteiger partial charge on any atom is -0.453 e. The lowest BCUT2D eigenvalue weighted by Gasteiger charge is -2.19. The van der Waals surface area contributed by atoms with Gasteiger partial charge in [0.2, 0.25) is 0 Å². The van der Waals surface area contributed by atoms with Gasteiger partial charge in [0.1, 0.15) is 6.10 Å². The number of rotatable bonds is 3. The zero-order valence-electron chi connectivity index (χ0n) is 13.9. The molecule has 2 aromatic carbocycles. The molecule has 0 N–H and O–H groups in total. The summed E-state index contributed by atoms with van der Waals surface area (Å²) < 4.78 is 5.62. The summed E-state index contributed by atoms with van der Waals surface area (Å²) >= 11 is 0. The van der Waals surface area contributed by atoms with Crippen LogP contribution in [0.2, 0.25) is 0 Å². The molecule has 3 rings (SSSR count). The Morgan fingerprint density at radius 1 is 0.957 bits per heavy atom. The average Bonchev–Trinajstić information content (AvgIpc) is 2.84. The Kier molecular flexibility index (Phi) is 4.08. The second-order valence-corrected chi connectivity index (χ2v) is 6.56. The minimum atomic E-state index is -0.298. The maximum atomic E-state index is 12.1. The van der Waals surface area contributed by atoms with Crippen LogP contribution in [0.15, 0.2) is 60.7 Å². The van der Waals surface area contributed by atoms with Gasteiger partial charge in [-0.05, 0) is 29.5 Å². The molecule has 0 saturated carbocycles.